The summed E-state index contributed by atoms with van der Waals surface area (Å²) in [5, 5.41) is 9.78. The van der Waals surface area contributed by atoms with Crippen LogP contribution in [0.4, 0.5) is 5.69 Å². The summed E-state index contributed by atoms with van der Waals surface area (Å²) in [6.07, 6.45) is 0.957. The summed E-state index contributed by atoms with van der Waals surface area (Å²) >= 11 is 6.00. The van der Waals surface area contributed by atoms with Gasteiger partial charge in [0.1, 0.15) is 6.07 Å². The topological polar surface area (TPSA) is 53.0 Å². The van der Waals surface area contributed by atoms with E-state index < -0.39 is 0 Å². The molecule has 3 nitrogen and oxygen atoms in total. The number of nitriles is 1. The molecule has 2 unspecified atom stereocenters. The fraction of sp³-hybridized carbons (Fsp3) is 0.462. The standard InChI is InChI=1S/C13H16ClN3/c1-9-8-17(5-4-12(9)16)13-6-11(14)3-2-10(13)7-15/h2-3,6,9,12H,4-5,8,16H2,1H3. The van der Waals surface area contributed by atoms with Crippen LogP contribution in [0.2, 0.25) is 5.02 Å². The molecule has 17 heavy (non-hydrogen) atoms. The third-order valence-corrected chi connectivity index (χ3v) is 3.63. The third-order valence-electron chi connectivity index (χ3n) is 3.39. The number of nitrogens with two attached hydrogens (primary N) is 1. The van der Waals surface area contributed by atoms with Crippen molar-refractivity contribution in [2.75, 3.05) is 18.0 Å². The number of piperidine rings is 1. The highest BCUT2D eigenvalue weighted by atomic mass is 35.5. The van der Waals surface area contributed by atoms with Crippen molar-refractivity contribution in [3.05, 3.63) is 28.8 Å². The zero-order valence-electron chi connectivity index (χ0n) is 9.86. The average molecular weight is 250 g/mol. The number of benzene rings is 1. The SMILES string of the molecule is CC1CN(c2cc(Cl)ccc2C#N)CCC1N. The first kappa shape index (κ1) is 12.2. The van der Waals surface area contributed by atoms with Gasteiger partial charge in [0.2, 0.25) is 0 Å². The zero-order valence-corrected chi connectivity index (χ0v) is 10.6. The predicted octanol–water partition coefficient (Wildman–Crippen LogP) is 2.39. The van der Waals surface area contributed by atoms with Gasteiger partial charge in [-0.1, -0.05) is 18.5 Å². The van der Waals surface area contributed by atoms with Crippen molar-refractivity contribution in [1.29, 1.82) is 5.26 Å². The Balaban J connectivity index is 2.28. The maximum absolute atomic E-state index is 9.11. The highest BCUT2D eigenvalue weighted by Crippen LogP contribution is 2.28. The van der Waals surface area contributed by atoms with Crippen LogP contribution < -0.4 is 10.6 Å². The molecule has 90 valence electrons. The van der Waals surface area contributed by atoms with Crippen molar-refractivity contribution in [3.8, 4) is 6.07 Å². The maximum Gasteiger partial charge on any atom is 0.101 e. The highest BCUT2D eigenvalue weighted by Gasteiger charge is 2.24. The molecule has 2 rings (SSSR count). The van der Waals surface area contributed by atoms with E-state index in [0.717, 1.165) is 25.2 Å². The minimum atomic E-state index is 0.260. The third kappa shape index (κ3) is 2.54. The highest BCUT2D eigenvalue weighted by molar-refractivity contribution is 6.30. The van der Waals surface area contributed by atoms with Gasteiger partial charge in [0.05, 0.1) is 11.3 Å². The Hall–Kier alpha value is -1.24. The molecule has 0 amide bonds. The second-order valence-electron chi connectivity index (χ2n) is 4.65. The molecule has 1 saturated heterocycles. The van der Waals surface area contributed by atoms with E-state index in [2.05, 4.69) is 17.9 Å². The van der Waals surface area contributed by atoms with Crippen LogP contribution in [0.3, 0.4) is 0 Å². The van der Waals surface area contributed by atoms with Gasteiger partial charge in [-0.05, 0) is 30.5 Å². The lowest BCUT2D eigenvalue weighted by atomic mass is 9.94. The number of hydrogen-bond donors (Lipinski definition) is 1. The van der Waals surface area contributed by atoms with Gasteiger partial charge in [-0.3, -0.25) is 0 Å². The van der Waals surface area contributed by atoms with Crippen LogP contribution in [-0.4, -0.2) is 19.1 Å². The van der Waals surface area contributed by atoms with Crippen molar-refractivity contribution < 1.29 is 0 Å². The summed E-state index contributed by atoms with van der Waals surface area (Å²) in [6.45, 7) is 3.92. The van der Waals surface area contributed by atoms with Gasteiger partial charge >= 0.3 is 0 Å². The summed E-state index contributed by atoms with van der Waals surface area (Å²) in [5.41, 5.74) is 7.61. The Morgan fingerprint density at radius 2 is 2.29 bits per heavy atom. The smallest absolute Gasteiger partial charge is 0.101 e. The maximum atomic E-state index is 9.11. The molecule has 2 atom stereocenters. The normalized spacial score (nSPS) is 24.5. The molecule has 1 heterocycles. The zero-order chi connectivity index (χ0) is 12.4. The van der Waals surface area contributed by atoms with E-state index in [1.165, 1.54) is 0 Å². The van der Waals surface area contributed by atoms with Gasteiger partial charge in [0.15, 0.2) is 0 Å². The molecule has 0 aliphatic carbocycles. The van der Waals surface area contributed by atoms with Gasteiger partial charge in [0.25, 0.3) is 0 Å². The molecule has 1 aromatic rings. The predicted molar refractivity (Wildman–Crippen MR) is 70.1 cm³/mol. The number of nitrogens with zero attached hydrogens (tertiary/aromatic N) is 2. The number of anilines is 1. The first-order valence-electron chi connectivity index (χ1n) is 5.82. The largest absolute Gasteiger partial charge is 0.370 e. The minimum Gasteiger partial charge on any atom is -0.370 e. The molecular formula is C13H16ClN3. The minimum absolute atomic E-state index is 0.260. The second-order valence-corrected chi connectivity index (χ2v) is 5.09. The van der Waals surface area contributed by atoms with Crippen molar-refractivity contribution in [2.24, 2.45) is 11.7 Å². The van der Waals surface area contributed by atoms with E-state index >= 15 is 0 Å². The number of rotatable bonds is 1. The summed E-state index contributed by atoms with van der Waals surface area (Å²) in [4.78, 5) is 2.21. The summed E-state index contributed by atoms with van der Waals surface area (Å²) in [6, 6.07) is 7.87. The molecule has 1 aliphatic heterocycles. The van der Waals surface area contributed by atoms with Crippen LogP contribution in [0, 0.1) is 17.2 Å². The second kappa shape index (κ2) is 4.95. The van der Waals surface area contributed by atoms with Crippen LogP contribution in [0.5, 0.6) is 0 Å². The quantitative estimate of drug-likeness (QED) is 0.832. The molecule has 0 spiro atoms. The molecule has 0 bridgehead atoms. The van der Waals surface area contributed by atoms with Gasteiger partial charge in [-0.15, -0.1) is 0 Å². The lowest BCUT2D eigenvalue weighted by Crippen LogP contribution is -2.46. The Morgan fingerprint density at radius 3 is 2.94 bits per heavy atom. The Labute approximate surface area is 107 Å². The molecule has 0 aromatic heterocycles. The van der Waals surface area contributed by atoms with E-state index in [-0.39, 0.29) is 6.04 Å². The molecular weight excluding hydrogens is 234 g/mol. The van der Waals surface area contributed by atoms with Gasteiger partial charge < -0.3 is 10.6 Å². The molecule has 0 radical (unpaired) electrons. The fourth-order valence-electron chi connectivity index (χ4n) is 2.24. The molecule has 1 aromatic carbocycles. The molecule has 1 aliphatic rings. The number of halogens is 1. The number of hydrogen-bond acceptors (Lipinski definition) is 3. The van der Waals surface area contributed by atoms with Crippen molar-refractivity contribution in [2.45, 2.75) is 19.4 Å². The van der Waals surface area contributed by atoms with Gasteiger partial charge in [-0.2, -0.15) is 5.26 Å². The first-order chi connectivity index (χ1) is 8.11. The van der Waals surface area contributed by atoms with Crippen molar-refractivity contribution >= 4 is 17.3 Å². The lowest BCUT2D eigenvalue weighted by molar-refractivity contribution is 0.383. The van der Waals surface area contributed by atoms with Crippen molar-refractivity contribution in [1.82, 2.24) is 0 Å². The van der Waals surface area contributed by atoms with Crippen LogP contribution in [-0.2, 0) is 0 Å². The Kier molecular flexibility index (Phi) is 3.56. The fourth-order valence-corrected chi connectivity index (χ4v) is 2.41. The van der Waals surface area contributed by atoms with E-state index in [4.69, 9.17) is 22.6 Å². The van der Waals surface area contributed by atoms with E-state index in [0.29, 0.717) is 16.5 Å². The Bertz CT molecular complexity index is 452. The monoisotopic (exact) mass is 249 g/mol. The lowest BCUT2D eigenvalue weighted by Gasteiger charge is -2.37. The molecule has 1 fully saturated rings. The molecule has 0 saturated carbocycles. The average Bonchev–Trinajstić information content (AvgIpc) is 2.32. The van der Waals surface area contributed by atoms with Crippen LogP contribution >= 0.6 is 11.6 Å². The van der Waals surface area contributed by atoms with E-state index in [1.807, 2.05) is 6.07 Å². The van der Waals surface area contributed by atoms with Crippen LogP contribution in [0.15, 0.2) is 18.2 Å². The van der Waals surface area contributed by atoms with E-state index in [1.54, 1.807) is 12.1 Å². The van der Waals surface area contributed by atoms with Crippen molar-refractivity contribution in [3.63, 3.8) is 0 Å². The molecule has 4 heteroatoms. The Morgan fingerprint density at radius 1 is 1.53 bits per heavy atom. The van der Waals surface area contributed by atoms with Crippen LogP contribution in [0.1, 0.15) is 18.9 Å². The van der Waals surface area contributed by atoms with Gasteiger partial charge in [-0.25, -0.2) is 0 Å². The van der Waals surface area contributed by atoms with Gasteiger partial charge in [0, 0.05) is 24.2 Å². The summed E-state index contributed by atoms with van der Waals surface area (Å²) < 4.78 is 0. The van der Waals surface area contributed by atoms with E-state index in [9.17, 15) is 0 Å². The van der Waals surface area contributed by atoms with Crippen LogP contribution in [0.25, 0.3) is 0 Å². The summed E-state index contributed by atoms with van der Waals surface area (Å²) in [7, 11) is 0. The summed E-state index contributed by atoms with van der Waals surface area (Å²) in [5.74, 6) is 0.439. The first-order valence-corrected chi connectivity index (χ1v) is 6.20. The molecule has 2 N–H and O–H groups in total.